The quantitative estimate of drug-likeness (QED) is 0.181. The minimum absolute atomic E-state index is 0.118. The number of aromatic nitrogens is 2. The normalized spacial score (nSPS) is 19.6. The van der Waals surface area contributed by atoms with Crippen LogP contribution >= 0.6 is 31.0 Å². The largest absolute Gasteiger partial charge is 0.587 e. The number of halogens is 2. The molecule has 4 rings (SSSR count). The predicted molar refractivity (Wildman–Crippen MR) is 164 cm³/mol. The number of hydrogen-bond acceptors (Lipinski definition) is 8. The van der Waals surface area contributed by atoms with Gasteiger partial charge in [0.2, 0.25) is 0 Å². The third-order valence-corrected chi connectivity index (χ3v) is 13.7. The van der Waals surface area contributed by atoms with Crippen molar-refractivity contribution >= 4 is 39.3 Å². The SMILES string of the molecule is Cc1cn([C@H]2C[C@H](O[Si](C)(C)C(C)(C)C)[C@@H](COP(=O)(Oc3ccc(Cl)cc3)Oc3ccc(Cl)cc3)O2)c(=O)[nH]c1=O. The van der Waals surface area contributed by atoms with Crippen molar-refractivity contribution in [1.82, 2.24) is 9.55 Å². The van der Waals surface area contributed by atoms with Crippen molar-refractivity contribution in [2.45, 2.75) is 70.7 Å². The fraction of sp³-hybridized carbons (Fsp3) is 0.429. The van der Waals surface area contributed by atoms with Crippen molar-refractivity contribution < 1.29 is 27.3 Å². The van der Waals surface area contributed by atoms with Crippen LogP contribution in [0.25, 0.3) is 0 Å². The second kappa shape index (κ2) is 12.7. The highest BCUT2D eigenvalue weighted by molar-refractivity contribution is 7.49. The van der Waals surface area contributed by atoms with Gasteiger partial charge in [-0.2, -0.15) is 0 Å². The zero-order chi connectivity index (χ0) is 30.9. The van der Waals surface area contributed by atoms with Gasteiger partial charge in [0, 0.05) is 28.2 Å². The minimum Gasteiger partial charge on any atom is -0.411 e. The van der Waals surface area contributed by atoms with Crippen molar-refractivity contribution in [1.29, 1.82) is 0 Å². The highest BCUT2D eigenvalue weighted by Gasteiger charge is 2.46. The standard InChI is InChI=1S/C28H35Cl2N2O8PSi/c1-18-16-32(27(34)31-26(18)33)25-15-23(40-42(5,6)28(2,3)4)24(37-25)17-36-41(35,38-21-11-7-19(29)8-12-21)39-22-13-9-20(30)10-14-22/h7-14,16,23-25H,15,17H2,1-6H3,(H,31,33,34)/t23-,24+,25+/m0/s1. The van der Waals surface area contributed by atoms with Gasteiger partial charge in [0.1, 0.15) is 23.8 Å². The van der Waals surface area contributed by atoms with Crippen LogP contribution in [-0.2, 0) is 18.3 Å². The Morgan fingerprint density at radius 3 is 2.02 bits per heavy atom. The van der Waals surface area contributed by atoms with Crippen molar-refractivity contribution in [2.75, 3.05) is 6.61 Å². The summed E-state index contributed by atoms with van der Waals surface area (Å²) in [6.45, 7) is 11.9. The van der Waals surface area contributed by atoms with Crippen LogP contribution in [0.15, 0.2) is 64.3 Å². The van der Waals surface area contributed by atoms with E-state index < -0.39 is 45.8 Å². The van der Waals surface area contributed by atoms with E-state index in [1.165, 1.54) is 10.8 Å². The van der Waals surface area contributed by atoms with Gasteiger partial charge in [-0.25, -0.2) is 9.36 Å². The highest BCUT2D eigenvalue weighted by Crippen LogP contribution is 2.51. The molecule has 3 aromatic rings. The lowest BCUT2D eigenvalue weighted by molar-refractivity contribution is -0.0423. The average Bonchev–Trinajstić information content (AvgIpc) is 3.29. The Morgan fingerprint density at radius 1 is 1.00 bits per heavy atom. The minimum atomic E-state index is -4.30. The lowest BCUT2D eigenvalue weighted by Crippen LogP contribution is -2.46. The molecular weight excluding hydrogens is 622 g/mol. The third-order valence-electron chi connectivity index (χ3n) is 7.35. The molecule has 42 heavy (non-hydrogen) atoms. The number of nitrogens with one attached hydrogen (secondary N) is 1. The zero-order valence-electron chi connectivity index (χ0n) is 24.3. The lowest BCUT2D eigenvalue weighted by atomic mass is 10.2. The first-order chi connectivity index (χ1) is 19.5. The van der Waals surface area contributed by atoms with E-state index >= 15 is 0 Å². The van der Waals surface area contributed by atoms with Crippen LogP contribution < -0.4 is 20.3 Å². The molecule has 228 valence electrons. The molecular formula is C28H35Cl2N2O8PSi. The number of ether oxygens (including phenoxy) is 1. The second-order valence-electron chi connectivity index (χ2n) is 11.6. The number of phosphoric ester groups is 1. The molecule has 1 aliphatic rings. The maximum absolute atomic E-state index is 14.0. The Kier molecular flexibility index (Phi) is 9.84. The van der Waals surface area contributed by atoms with Gasteiger partial charge in [0.15, 0.2) is 8.32 Å². The van der Waals surface area contributed by atoms with Crippen LogP contribution in [0.2, 0.25) is 28.2 Å². The van der Waals surface area contributed by atoms with Gasteiger partial charge in [-0.05, 0) is 73.6 Å². The van der Waals surface area contributed by atoms with Crippen molar-refractivity contribution in [3.63, 3.8) is 0 Å². The van der Waals surface area contributed by atoms with Crippen LogP contribution in [-0.4, -0.2) is 36.7 Å². The Morgan fingerprint density at radius 2 is 1.52 bits per heavy atom. The second-order valence-corrected chi connectivity index (χ2v) is 18.7. The molecule has 10 nitrogen and oxygen atoms in total. The van der Waals surface area contributed by atoms with E-state index in [4.69, 9.17) is 45.9 Å². The molecule has 1 N–H and O–H groups in total. The Balaban J connectivity index is 1.62. The van der Waals surface area contributed by atoms with Gasteiger partial charge in [0.05, 0.1) is 12.7 Å². The monoisotopic (exact) mass is 656 g/mol. The topological polar surface area (TPSA) is 118 Å². The molecule has 0 amide bonds. The van der Waals surface area contributed by atoms with Gasteiger partial charge in [0.25, 0.3) is 5.56 Å². The van der Waals surface area contributed by atoms with E-state index in [-0.39, 0.29) is 23.1 Å². The highest BCUT2D eigenvalue weighted by atomic mass is 35.5. The molecule has 1 saturated heterocycles. The summed E-state index contributed by atoms with van der Waals surface area (Å²) >= 11 is 12.0. The van der Waals surface area contributed by atoms with Gasteiger partial charge in [-0.3, -0.25) is 18.9 Å². The molecule has 0 aliphatic carbocycles. The maximum atomic E-state index is 14.0. The van der Waals surface area contributed by atoms with E-state index in [9.17, 15) is 14.2 Å². The average molecular weight is 658 g/mol. The van der Waals surface area contributed by atoms with Crippen LogP contribution in [0.4, 0.5) is 0 Å². The smallest absolute Gasteiger partial charge is 0.411 e. The first kappa shape index (κ1) is 32.5. The molecule has 0 bridgehead atoms. The van der Waals surface area contributed by atoms with Crippen LogP contribution in [0.3, 0.4) is 0 Å². The molecule has 2 heterocycles. The first-order valence-corrected chi connectivity index (χ1v) is 18.5. The molecule has 0 radical (unpaired) electrons. The summed E-state index contributed by atoms with van der Waals surface area (Å²) in [6.07, 6.45) is -0.276. The number of nitrogens with zero attached hydrogens (tertiary/aromatic N) is 1. The molecule has 3 atom stereocenters. The molecule has 0 spiro atoms. The lowest BCUT2D eigenvalue weighted by Gasteiger charge is -2.39. The van der Waals surface area contributed by atoms with E-state index in [1.54, 1.807) is 55.5 Å². The zero-order valence-corrected chi connectivity index (χ0v) is 27.7. The van der Waals surface area contributed by atoms with Gasteiger partial charge in [-0.1, -0.05) is 44.0 Å². The Hall–Kier alpha value is -2.37. The van der Waals surface area contributed by atoms with E-state index in [2.05, 4.69) is 38.8 Å². The summed E-state index contributed by atoms with van der Waals surface area (Å²) in [6, 6.07) is 12.5. The number of aryl methyl sites for hydroxylation is 1. The fourth-order valence-corrected chi connectivity index (χ4v) is 6.83. The van der Waals surface area contributed by atoms with Crippen LogP contribution in [0, 0.1) is 6.92 Å². The number of phosphoric acid groups is 1. The van der Waals surface area contributed by atoms with Crippen LogP contribution in [0.1, 0.15) is 39.0 Å². The van der Waals surface area contributed by atoms with Crippen molar-refractivity contribution in [3.05, 3.63) is 91.2 Å². The first-order valence-electron chi connectivity index (χ1n) is 13.4. The summed E-state index contributed by atoms with van der Waals surface area (Å²) in [5, 5.41) is 0.827. The molecule has 2 aromatic carbocycles. The van der Waals surface area contributed by atoms with E-state index in [0.717, 1.165) is 0 Å². The van der Waals surface area contributed by atoms with E-state index in [0.29, 0.717) is 22.0 Å². The summed E-state index contributed by atoms with van der Waals surface area (Å²) in [4.78, 5) is 26.9. The molecule has 0 unspecified atom stereocenters. The number of hydrogen-bond donors (Lipinski definition) is 1. The molecule has 0 saturated carbocycles. The molecule has 14 heteroatoms. The van der Waals surface area contributed by atoms with Gasteiger partial charge >= 0.3 is 13.5 Å². The number of aromatic amines is 1. The Bertz CT molecular complexity index is 1500. The Labute approximate surface area is 255 Å². The maximum Gasteiger partial charge on any atom is 0.587 e. The summed E-state index contributed by atoms with van der Waals surface area (Å²) in [5.41, 5.74) is -0.717. The summed E-state index contributed by atoms with van der Waals surface area (Å²) in [7, 11) is -6.62. The van der Waals surface area contributed by atoms with E-state index in [1.807, 2.05) is 0 Å². The predicted octanol–water partition coefficient (Wildman–Crippen LogP) is 7.11. The number of rotatable bonds is 10. The number of benzene rings is 2. The molecule has 1 fully saturated rings. The van der Waals surface area contributed by atoms with Crippen molar-refractivity contribution in [2.24, 2.45) is 0 Å². The van der Waals surface area contributed by atoms with Crippen molar-refractivity contribution in [3.8, 4) is 11.5 Å². The van der Waals surface area contributed by atoms with Crippen LogP contribution in [0.5, 0.6) is 11.5 Å². The fourth-order valence-electron chi connectivity index (χ4n) is 3.99. The number of H-pyrrole nitrogens is 1. The van der Waals surface area contributed by atoms with Gasteiger partial charge in [-0.15, -0.1) is 0 Å². The molecule has 1 aromatic heterocycles. The summed E-state index contributed by atoms with van der Waals surface area (Å²) < 4.78 is 45.6. The van der Waals surface area contributed by atoms with Gasteiger partial charge < -0.3 is 18.2 Å². The molecule has 1 aliphatic heterocycles. The summed E-state index contributed by atoms with van der Waals surface area (Å²) in [5.74, 6) is 0.428. The third kappa shape index (κ3) is 7.96.